The first kappa shape index (κ1) is 17.5. The van der Waals surface area contributed by atoms with Crippen LogP contribution in [-0.4, -0.2) is 21.2 Å². The van der Waals surface area contributed by atoms with Gasteiger partial charge in [-0.05, 0) is 42.6 Å². The molecule has 6 nitrogen and oxygen atoms in total. The summed E-state index contributed by atoms with van der Waals surface area (Å²) in [5.41, 5.74) is 0.808. The summed E-state index contributed by atoms with van der Waals surface area (Å²) in [4.78, 5) is 17.6. The maximum atomic E-state index is 13.0. The number of benzene rings is 1. The number of halogens is 1. The number of carbonyl (C=O) groups excluding carboxylic acids is 1. The smallest absolute Gasteiger partial charge is 0.358 e. The summed E-state index contributed by atoms with van der Waals surface area (Å²) < 4.78 is 23.9. The topological polar surface area (TPSA) is 78.1 Å². The number of ether oxygens (including phenoxy) is 1. The minimum absolute atomic E-state index is 0.149. The lowest BCUT2D eigenvalue weighted by Gasteiger charge is -2.07. The molecule has 9 heteroatoms. The Morgan fingerprint density at radius 3 is 2.74 bits per heavy atom. The van der Waals surface area contributed by atoms with Gasteiger partial charge in [-0.2, -0.15) is 0 Å². The number of thiophene rings is 1. The van der Waals surface area contributed by atoms with Gasteiger partial charge in [0, 0.05) is 10.9 Å². The van der Waals surface area contributed by atoms with Crippen LogP contribution in [0, 0.1) is 5.82 Å². The molecule has 3 aromatic heterocycles. The van der Waals surface area contributed by atoms with Crippen molar-refractivity contribution in [3.05, 3.63) is 64.6 Å². The van der Waals surface area contributed by atoms with E-state index in [4.69, 9.17) is 9.15 Å². The Morgan fingerprint density at radius 2 is 2.00 bits per heavy atom. The molecule has 0 bridgehead atoms. The van der Waals surface area contributed by atoms with Crippen molar-refractivity contribution in [2.24, 2.45) is 0 Å². The van der Waals surface area contributed by atoms with E-state index in [-0.39, 0.29) is 23.3 Å². The molecule has 0 amide bonds. The van der Waals surface area contributed by atoms with Crippen LogP contribution in [0.15, 0.2) is 51.6 Å². The third-order valence-corrected chi connectivity index (χ3v) is 5.49. The Balaban J connectivity index is 1.45. The first-order valence-corrected chi connectivity index (χ1v) is 9.66. The van der Waals surface area contributed by atoms with Crippen LogP contribution in [0.2, 0.25) is 0 Å². The van der Waals surface area contributed by atoms with Gasteiger partial charge in [-0.15, -0.1) is 32.9 Å². The second kappa shape index (κ2) is 7.37. The number of nitrogens with zero attached hydrogens (tertiary/aromatic N) is 3. The molecule has 0 saturated carbocycles. The summed E-state index contributed by atoms with van der Waals surface area (Å²) in [5.74, 6) is -0.549. The highest BCUT2D eigenvalue weighted by Crippen LogP contribution is 2.29. The standard InChI is InChI=1S/C18H12FN3O3S2/c1-10(15-21-22-16(25-15)11-4-6-12(19)7-5-11)24-18(23)13-9-27-17(20-13)14-3-2-8-26-14/h2-10H,1H3/t10-/m0/s1. The molecule has 27 heavy (non-hydrogen) atoms. The number of aromatic nitrogens is 3. The molecular formula is C18H12FN3O3S2. The van der Waals surface area contributed by atoms with Crippen LogP contribution in [0.1, 0.15) is 29.4 Å². The van der Waals surface area contributed by atoms with Crippen molar-refractivity contribution in [2.45, 2.75) is 13.0 Å². The Bertz CT molecular complexity index is 1060. The Hall–Kier alpha value is -2.91. The van der Waals surface area contributed by atoms with E-state index < -0.39 is 12.1 Å². The maximum absolute atomic E-state index is 13.0. The molecule has 1 atom stereocenters. The minimum Gasteiger partial charge on any atom is -0.448 e. The normalized spacial score (nSPS) is 12.1. The van der Waals surface area contributed by atoms with Crippen molar-refractivity contribution in [1.82, 2.24) is 15.2 Å². The Labute approximate surface area is 161 Å². The van der Waals surface area contributed by atoms with Crippen molar-refractivity contribution in [2.75, 3.05) is 0 Å². The summed E-state index contributed by atoms with van der Waals surface area (Å²) in [6.45, 7) is 1.63. The predicted molar refractivity (Wildman–Crippen MR) is 98.9 cm³/mol. The average Bonchev–Trinajstić information content (AvgIpc) is 3.42. The minimum atomic E-state index is -0.744. The molecule has 0 unspecified atom stereocenters. The molecule has 0 aliphatic carbocycles. The van der Waals surface area contributed by atoms with E-state index in [1.54, 1.807) is 23.6 Å². The van der Waals surface area contributed by atoms with Gasteiger partial charge in [0.05, 0.1) is 4.88 Å². The van der Waals surface area contributed by atoms with Gasteiger partial charge in [0.25, 0.3) is 5.89 Å². The number of carbonyl (C=O) groups is 1. The van der Waals surface area contributed by atoms with Crippen molar-refractivity contribution < 1.29 is 18.3 Å². The monoisotopic (exact) mass is 401 g/mol. The molecule has 0 spiro atoms. The second-order valence-corrected chi connectivity index (χ2v) is 7.32. The zero-order chi connectivity index (χ0) is 18.8. The second-order valence-electron chi connectivity index (χ2n) is 5.52. The third kappa shape index (κ3) is 3.79. The van der Waals surface area contributed by atoms with Crippen LogP contribution in [0.3, 0.4) is 0 Å². The zero-order valence-corrected chi connectivity index (χ0v) is 15.6. The molecule has 0 saturated heterocycles. The van der Waals surface area contributed by atoms with Gasteiger partial charge in [0.1, 0.15) is 10.8 Å². The molecule has 0 radical (unpaired) electrons. The maximum Gasteiger partial charge on any atom is 0.358 e. The highest BCUT2D eigenvalue weighted by atomic mass is 32.1. The van der Waals surface area contributed by atoms with Crippen LogP contribution >= 0.6 is 22.7 Å². The highest BCUT2D eigenvalue weighted by Gasteiger charge is 2.22. The summed E-state index contributed by atoms with van der Waals surface area (Å²) in [7, 11) is 0. The van der Waals surface area contributed by atoms with E-state index in [0.29, 0.717) is 5.56 Å². The van der Waals surface area contributed by atoms with Crippen LogP contribution < -0.4 is 0 Å². The largest absolute Gasteiger partial charge is 0.448 e. The van der Waals surface area contributed by atoms with E-state index in [9.17, 15) is 9.18 Å². The lowest BCUT2D eigenvalue weighted by atomic mass is 10.2. The fourth-order valence-corrected chi connectivity index (χ4v) is 3.86. The summed E-state index contributed by atoms with van der Waals surface area (Å²) >= 11 is 2.93. The number of rotatable bonds is 5. The van der Waals surface area contributed by atoms with E-state index in [1.165, 1.54) is 35.6 Å². The molecule has 4 rings (SSSR count). The van der Waals surface area contributed by atoms with Crippen LogP contribution in [0.4, 0.5) is 4.39 Å². The first-order valence-electron chi connectivity index (χ1n) is 7.90. The predicted octanol–water partition coefficient (Wildman–Crippen LogP) is 4.98. The molecule has 136 valence electrons. The van der Waals surface area contributed by atoms with Gasteiger partial charge < -0.3 is 9.15 Å². The lowest BCUT2D eigenvalue weighted by molar-refractivity contribution is 0.0274. The van der Waals surface area contributed by atoms with Gasteiger partial charge in [0.15, 0.2) is 11.8 Å². The summed E-state index contributed by atoms with van der Waals surface area (Å²) in [6.07, 6.45) is -0.744. The summed E-state index contributed by atoms with van der Waals surface area (Å²) in [6, 6.07) is 9.54. The Morgan fingerprint density at radius 1 is 1.19 bits per heavy atom. The molecule has 0 aliphatic heterocycles. The van der Waals surface area contributed by atoms with E-state index in [0.717, 1.165) is 9.88 Å². The molecule has 3 heterocycles. The molecule has 0 fully saturated rings. The van der Waals surface area contributed by atoms with E-state index in [1.807, 2.05) is 17.5 Å². The average molecular weight is 401 g/mol. The van der Waals surface area contributed by atoms with Crippen molar-refractivity contribution in [3.8, 4) is 21.3 Å². The lowest BCUT2D eigenvalue weighted by Crippen LogP contribution is -2.10. The van der Waals surface area contributed by atoms with E-state index >= 15 is 0 Å². The quantitative estimate of drug-likeness (QED) is 0.439. The first-order chi connectivity index (χ1) is 13.1. The van der Waals surface area contributed by atoms with Gasteiger partial charge in [-0.25, -0.2) is 14.2 Å². The SMILES string of the molecule is C[C@H](OC(=O)c1csc(-c2cccs2)n1)c1nnc(-c2ccc(F)cc2)o1. The van der Waals surface area contributed by atoms with Gasteiger partial charge >= 0.3 is 5.97 Å². The number of thiazole rings is 1. The molecule has 0 N–H and O–H groups in total. The molecule has 0 aliphatic rings. The third-order valence-electron chi connectivity index (χ3n) is 3.61. The van der Waals surface area contributed by atoms with E-state index in [2.05, 4.69) is 15.2 Å². The van der Waals surface area contributed by atoms with Crippen molar-refractivity contribution >= 4 is 28.6 Å². The molecule has 4 aromatic rings. The fourth-order valence-electron chi connectivity index (χ4n) is 2.26. The molecule has 1 aromatic carbocycles. The van der Waals surface area contributed by atoms with Crippen LogP contribution in [-0.2, 0) is 4.74 Å². The number of hydrogen-bond donors (Lipinski definition) is 0. The van der Waals surface area contributed by atoms with Crippen molar-refractivity contribution in [3.63, 3.8) is 0 Å². The van der Waals surface area contributed by atoms with Crippen LogP contribution in [0.5, 0.6) is 0 Å². The van der Waals surface area contributed by atoms with Gasteiger partial charge in [0.2, 0.25) is 5.89 Å². The molecular weight excluding hydrogens is 389 g/mol. The summed E-state index contributed by atoms with van der Waals surface area (Å²) in [5, 5.41) is 12.2. The van der Waals surface area contributed by atoms with Gasteiger partial charge in [-0.3, -0.25) is 0 Å². The fraction of sp³-hybridized carbons (Fsp3) is 0.111. The zero-order valence-electron chi connectivity index (χ0n) is 14.0. The Kier molecular flexibility index (Phi) is 4.78. The highest BCUT2D eigenvalue weighted by molar-refractivity contribution is 7.20. The number of hydrogen-bond acceptors (Lipinski definition) is 8. The number of esters is 1. The van der Waals surface area contributed by atoms with Crippen LogP contribution in [0.25, 0.3) is 21.3 Å². The van der Waals surface area contributed by atoms with Crippen molar-refractivity contribution in [1.29, 1.82) is 0 Å². The van der Waals surface area contributed by atoms with Gasteiger partial charge in [-0.1, -0.05) is 6.07 Å².